The smallest absolute Gasteiger partial charge is 0.269 e. The minimum Gasteiger partial charge on any atom is -0.300 e. The molecule has 0 radical (unpaired) electrons. The van der Waals surface area contributed by atoms with Gasteiger partial charge in [0.15, 0.2) is 5.13 Å². The number of anilines is 1. The van der Waals surface area contributed by atoms with E-state index in [2.05, 4.69) is 10.3 Å². The number of nitrogens with zero attached hydrogens (tertiary/aromatic N) is 2. The van der Waals surface area contributed by atoms with Crippen molar-refractivity contribution in [2.75, 3.05) is 5.32 Å². The zero-order valence-corrected chi connectivity index (χ0v) is 15.0. The molecule has 0 fully saturated rings. The molecule has 1 aromatic heterocycles. The minimum atomic E-state index is -0.805. The summed E-state index contributed by atoms with van der Waals surface area (Å²) in [4.78, 5) is 27.7. The number of carbonyl (C=O) groups excluding carboxylic acids is 1. The number of halogens is 1. The average Bonchev–Trinajstić information content (AvgIpc) is 3.08. The van der Waals surface area contributed by atoms with Crippen LogP contribution >= 0.6 is 22.9 Å². The molecule has 0 saturated heterocycles. The third-order valence-electron chi connectivity index (χ3n) is 3.61. The van der Waals surface area contributed by atoms with Crippen LogP contribution in [0, 0.1) is 10.1 Å². The van der Waals surface area contributed by atoms with E-state index < -0.39 is 10.3 Å². The summed E-state index contributed by atoms with van der Waals surface area (Å²) in [5.74, 6) is -0.353. The number of non-ortho nitro benzene ring substituents is 1. The first-order valence-corrected chi connectivity index (χ1v) is 8.96. The Balaban J connectivity index is 1.65. The predicted molar refractivity (Wildman–Crippen MR) is 102 cm³/mol. The molecule has 1 N–H and O–H groups in total. The molecule has 3 aromatic rings. The molecule has 0 saturated carbocycles. The number of alkyl halides is 1. The number of aromatic nitrogens is 1. The van der Waals surface area contributed by atoms with Crippen LogP contribution in [-0.2, 0) is 11.2 Å². The van der Waals surface area contributed by atoms with Crippen molar-refractivity contribution in [2.24, 2.45) is 0 Å². The summed E-state index contributed by atoms with van der Waals surface area (Å²) in [6, 6.07) is 15.5. The van der Waals surface area contributed by atoms with Crippen molar-refractivity contribution in [1.82, 2.24) is 4.98 Å². The molecule has 1 unspecified atom stereocenters. The normalized spacial score (nSPS) is 11.7. The Morgan fingerprint density at radius 2 is 2.00 bits per heavy atom. The highest BCUT2D eigenvalue weighted by molar-refractivity contribution is 7.15. The number of benzene rings is 2. The van der Waals surface area contributed by atoms with Gasteiger partial charge in [0.25, 0.3) is 5.69 Å². The Morgan fingerprint density at radius 1 is 1.23 bits per heavy atom. The number of nitrogens with one attached hydrogen (secondary N) is 1. The molecular weight excluding hydrogens is 374 g/mol. The van der Waals surface area contributed by atoms with Gasteiger partial charge in [-0.05, 0) is 11.1 Å². The second-order valence-electron chi connectivity index (χ2n) is 5.50. The van der Waals surface area contributed by atoms with E-state index >= 15 is 0 Å². The number of carbonyl (C=O) groups is 1. The molecule has 132 valence electrons. The maximum atomic E-state index is 12.2. The number of nitro groups is 1. The van der Waals surface area contributed by atoms with Gasteiger partial charge in [-0.15, -0.1) is 22.9 Å². The fraction of sp³-hybridized carbons (Fsp3) is 0.111. The van der Waals surface area contributed by atoms with Gasteiger partial charge in [0.1, 0.15) is 5.38 Å². The molecule has 3 rings (SSSR count). The van der Waals surface area contributed by atoms with Gasteiger partial charge in [-0.25, -0.2) is 4.98 Å². The molecule has 0 aliphatic carbocycles. The van der Waals surface area contributed by atoms with Crippen molar-refractivity contribution in [2.45, 2.75) is 11.8 Å². The van der Waals surface area contributed by atoms with Crippen molar-refractivity contribution in [3.8, 4) is 0 Å². The molecule has 6 nitrogen and oxygen atoms in total. The molecule has 0 spiro atoms. The zero-order valence-electron chi connectivity index (χ0n) is 13.5. The van der Waals surface area contributed by atoms with Crippen LogP contribution in [0.25, 0.3) is 0 Å². The third kappa shape index (κ3) is 4.44. The van der Waals surface area contributed by atoms with Crippen LogP contribution < -0.4 is 5.32 Å². The SMILES string of the molecule is O=C(Nc1ncc(Cc2cccc([N+](=O)[O-])c2)s1)C(Cl)c1ccccc1. The van der Waals surface area contributed by atoms with Crippen LogP contribution in [0.4, 0.5) is 10.8 Å². The van der Waals surface area contributed by atoms with E-state index in [0.717, 1.165) is 10.4 Å². The maximum absolute atomic E-state index is 12.2. The average molecular weight is 388 g/mol. The van der Waals surface area contributed by atoms with Crippen LogP contribution in [-0.4, -0.2) is 15.8 Å². The molecule has 0 aliphatic heterocycles. The summed E-state index contributed by atoms with van der Waals surface area (Å²) < 4.78 is 0. The molecular formula is C18H14ClN3O3S. The fourth-order valence-electron chi connectivity index (χ4n) is 2.37. The summed E-state index contributed by atoms with van der Waals surface area (Å²) in [6.45, 7) is 0. The van der Waals surface area contributed by atoms with Gasteiger partial charge in [-0.1, -0.05) is 42.5 Å². The van der Waals surface area contributed by atoms with Crippen molar-refractivity contribution in [3.63, 3.8) is 0 Å². The molecule has 2 aromatic carbocycles. The number of hydrogen-bond donors (Lipinski definition) is 1. The monoisotopic (exact) mass is 387 g/mol. The first-order valence-electron chi connectivity index (χ1n) is 7.71. The standard InChI is InChI=1S/C18H14ClN3O3S/c19-16(13-6-2-1-3-7-13)17(23)21-18-20-11-15(26-18)10-12-5-4-8-14(9-12)22(24)25/h1-9,11,16H,10H2,(H,20,21,23). The van der Waals surface area contributed by atoms with E-state index in [1.54, 1.807) is 24.4 Å². The highest BCUT2D eigenvalue weighted by Crippen LogP contribution is 2.26. The second kappa shape index (κ2) is 8.07. The lowest BCUT2D eigenvalue weighted by Crippen LogP contribution is -2.17. The van der Waals surface area contributed by atoms with Crippen LogP contribution in [0.15, 0.2) is 60.8 Å². The second-order valence-corrected chi connectivity index (χ2v) is 7.05. The Labute approximate surface area is 158 Å². The minimum absolute atomic E-state index is 0.0494. The van der Waals surface area contributed by atoms with Gasteiger partial charge in [0.2, 0.25) is 5.91 Å². The molecule has 0 bridgehead atoms. The van der Waals surface area contributed by atoms with E-state index in [4.69, 9.17) is 11.6 Å². The van der Waals surface area contributed by atoms with E-state index in [0.29, 0.717) is 17.1 Å². The molecule has 26 heavy (non-hydrogen) atoms. The quantitative estimate of drug-likeness (QED) is 0.381. The van der Waals surface area contributed by atoms with E-state index in [9.17, 15) is 14.9 Å². The lowest BCUT2D eigenvalue weighted by atomic mass is 10.1. The summed E-state index contributed by atoms with van der Waals surface area (Å²) in [7, 11) is 0. The van der Waals surface area contributed by atoms with Crippen molar-refractivity contribution >= 4 is 39.7 Å². The lowest BCUT2D eigenvalue weighted by Gasteiger charge is -2.08. The van der Waals surface area contributed by atoms with Crippen molar-refractivity contribution in [1.29, 1.82) is 0 Å². The zero-order chi connectivity index (χ0) is 18.5. The van der Waals surface area contributed by atoms with Crippen LogP contribution in [0.3, 0.4) is 0 Å². The van der Waals surface area contributed by atoms with Gasteiger partial charge in [0, 0.05) is 29.6 Å². The highest BCUT2D eigenvalue weighted by Gasteiger charge is 2.18. The Kier molecular flexibility index (Phi) is 5.60. The number of rotatable bonds is 6. The maximum Gasteiger partial charge on any atom is 0.269 e. The summed E-state index contributed by atoms with van der Waals surface area (Å²) in [6.07, 6.45) is 2.14. The number of thiazole rings is 1. The Bertz CT molecular complexity index is 930. The van der Waals surface area contributed by atoms with Crippen LogP contribution in [0.1, 0.15) is 21.4 Å². The third-order valence-corrected chi connectivity index (χ3v) is 4.97. The number of nitro benzene ring substituents is 1. The topological polar surface area (TPSA) is 85.1 Å². The van der Waals surface area contributed by atoms with E-state index in [1.807, 2.05) is 24.3 Å². The molecule has 1 amide bonds. The van der Waals surface area contributed by atoms with Gasteiger partial charge >= 0.3 is 0 Å². The highest BCUT2D eigenvalue weighted by atomic mass is 35.5. The fourth-order valence-corrected chi connectivity index (χ4v) is 3.42. The van der Waals surface area contributed by atoms with Crippen LogP contribution in [0.5, 0.6) is 0 Å². The number of hydrogen-bond acceptors (Lipinski definition) is 5. The summed E-state index contributed by atoms with van der Waals surface area (Å²) in [5, 5.41) is 13.2. The molecule has 1 heterocycles. The molecule has 1 atom stereocenters. The molecule has 0 aliphatic rings. The van der Waals surface area contributed by atoms with Crippen molar-refractivity contribution < 1.29 is 9.72 Å². The lowest BCUT2D eigenvalue weighted by molar-refractivity contribution is -0.384. The number of amides is 1. The van der Waals surface area contributed by atoms with E-state index in [1.165, 1.54) is 23.5 Å². The van der Waals surface area contributed by atoms with Crippen molar-refractivity contribution in [3.05, 3.63) is 86.9 Å². The molecule has 8 heteroatoms. The van der Waals surface area contributed by atoms with Crippen LogP contribution in [0.2, 0.25) is 0 Å². The predicted octanol–water partition coefficient (Wildman–Crippen LogP) is 4.56. The first-order chi connectivity index (χ1) is 12.5. The van der Waals surface area contributed by atoms with Gasteiger partial charge in [-0.3, -0.25) is 14.9 Å². The summed E-state index contributed by atoms with van der Waals surface area (Å²) >= 11 is 7.50. The van der Waals surface area contributed by atoms with E-state index in [-0.39, 0.29) is 11.6 Å². The Morgan fingerprint density at radius 3 is 2.73 bits per heavy atom. The summed E-state index contributed by atoms with van der Waals surface area (Å²) in [5.41, 5.74) is 1.56. The van der Waals surface area contributed by atoms with Gasteiger partial charge in [-0.2, -0.15) is 0 Å². The van der Waals surface area contributed by atoms with Gasteiger partial charge in [0.05, 0.1) is 4.92 Å². The Hall–Kier alpha value is -2.77. The first kappa shape index (κ1) is 18.0. The van der Waals surface area contributed by atoms with Gasteiger partial charge < -0.3 is 5.32 Å². The largest absolute Gasteiger partial charge is 0.300 e.